The van der Waals surface area contributed by atoms with Crippen molar-refractivity contribution in [3.63, 3.8) is 0 Å². The van der Waals surface area contributed by atoms with E-state index >= 15 is 0 Å². The predicted octanol–water partition coefficient (Wildman–Crippen LogP) is 10.4. The largest absolute Gasteiger partial charge is 0.494 e. The number of benzene rings is 3. The summed E-state index contributed by atoms with van der Waals surface area (Å²) in [7, 11) is 0. The second-order valence-corrected chi connectivity index (χ2v) is 10.6. The number of carbonyl (C=O) groups is 2. The molecule has 3 aromatic carbocycles. The van der Waals surface area contributed by atoms with Gasteiger partial charge in [-0.15, -0.1) is 0 Å². The molecular formula is C37H46O4. The van der Waals surface area contributed by atoms with E-state index in [1.165, 1.54) is 51.4 Å². The summed E-state index contributed by atoms with van der Waals surface area (Å²) < 4.78 is 11.4. The summed E-state index contributed by atoms with van der Waals surface area (Å²) in [5.41, 5.74) is 3.12. The van der Waals surface area contributed by atoms with Crippen LogP contribution in [-0.2, 0) is 0 Å². The van der Waals surface area contributed by atoms with Crippen molar-refractivity contribution in [1.29, 1.82) is 0 Å². The molecule has 0 aliphatic carbocycles. The number of carbonyl (C=O) groups excluding carboxylic acids is 2. The van der Waals surface area contributed by atoms with E-state index in [1.807, 2.05) is 42.5 Å². The van der Waals surface area contributed by atoms with Gasteiger partial charge in [0.2, 0.25) is 0 Å². The fourth-order valence-corrected chi connectivity index (χ4v) is 4.62. The first-order valence-corrected chi connectivity index (χ1v) is 15.5. The normalized spacial score (nSPS) is 11.1. The van der Waals surface area contributed by atoms with Crippen molar-refractivity contribution in [1.82, 2.24) is 0 Å². The number of unbranched alkanes of at least 4 members (excludes halogenated alkanes) is 10. The van der Waals surface area contributed by atoms with Crippen LogP contribution in [0.4, 0.5) is 0 Å². The van der Waals surface area contributed by atoms with Gasteiger partial charge in [0.1, 0.15) is 11.5 Å². The molecule has 0 saturated carbocycles. The number of ketones is 1. The zero-order valence-electron chi connectivity index (χ0n) is 24.9. The van der Waals surface area contributed by atoms with E-state index in [2.05, 4.69) is 13.8 Å². The summed E-state index contributed by atoms with van der Waals surface area (Å²) in [4.78, 5) is 25.0. The van der Waals surface area contributed by atoms with Gasteiger partial charge >= 0.3 is 5.97 Å². The van der Waals surface area contributed by atoms with E-state index in [4.69, 9.17) is 9.47 Å². The molecule has 4 nitrogen and oxygen atoms in total. The highest BCUT2D eigenvalue weighted by Crippen LogP contribution is 2.24. The van der Waals surface area contributed by atoms with Crippen LogP contribution in [0.2, 0.25) is 0 Å². The molecule has 0 fully saturated rings. The van der Waals surface area contributed by atoms with Gasteiger partial charge in [-0.25, -0.2) is 4.79 Å². The fraction of sp³-hybridized carbons (Fsp3) is 0.405. The van der Waals surface area contributed by atoms with Crippen LogP contribution in [0.25, 0.3) is 11.1 Å². The Morgan fingerprint density at radius 3 is 1.73 bits per heavy atom. The molecule has 0 saturated heterocycles. The second-order valence-electron chi connectivity index (χ2n) is 10.6. The molecule has 0 N–H and O–H groups in total. The van der Waals surface area contributed by atoms with E-state index in [0.717, 1.165) is 49.2 Å². The number of ether oxygens (including phenoxy) is 2. The van der Waals surface area contributed by atoms with E-state index in [0.29, 0.717) is 16.9 Å². The third-order valence-corrected chi connectivity index (χ3v) is 7.17. The maximum atomic E-state index is 12.7. The summed E-state index contributed by atoms with van der Waals surface area (Å²) in [6, 6.07) is 22.1. The lowest BCUT2D eigenvalue weighted by Gasteiger charge is -2.09. The molecule has 0 aliphatic rings. The maximum Gasteiger partial charge on any atom is 0.343 e. The van der Waals surface area contributed by atoms with Crippen LogP contribution in [0.3, 0.4) is 0 Å². The van der Waals surface area contributed by atoms with Gasteiger partial charge in [0, 0.05) is 5.56 Å². The summed E-state index contributed by atoms with van der Waals surface area (Å²) in [5.74, 6) is 0.812. The molecule has 0 aliphatic heterocycles. The van der Waals surface area contributed by atoms with Crippen molar-refractivity contribution in [2.75, 3.05) is 6.61 Å². The summed E-state index contributed by atoms with van der Waals surface area (Å²) in [6.07, 6.45) is 18.2. The first-order chi connectivity index (χ1) is 20.1. The van der Waals surface area contributed by atoms with Gasteiger partial charge in [0.15, 0.2) is 5.78 Å². The molecule has 218 valence electrons. The smallest absolute Gasteiger partial charge is 0.343 e. The molecule has 41 heavy (non-hydrogen) atoms. The highest BCUT2D eigenvalue weighted by atomic mass is 16.5. The third kappa shape index (κ3) is 11.8. The highest BCUT2D eigenvalue weighted by Gasteiger charge is 2.10. The van der Waals surface area contributed by atoms with Gasteiger partial charge in [0.05, 0.1) is 12.2 Å². The topological polar surface area (TPSA) is 52.6 Å². The van der Waals surface area contributed by atoms with Crippen LogP contribution < -0.4 is 9.47 Å². The minimum absolute atomic E-state index is 0.0435. The highest BCUT2D eigenvalue weighted by molar-refractivity contribution is 6.04. The van der Waals surface area contributed by atoms with Crippen LogP contribution in [0, 0.1) is 0 Å². The molecule has 0 amide bonds. The van der Waals surface area contributed by atoms with Crippen molar-refractivity contribution in [2.24, 2.45) is 0 Å². The summed E-state index contributed by atoms with van der Waals surface area (Å²) in [6.45, 7) is 5.16. The minimum atomic E-state index is -0.434. The summed E-state index contributed by atoms with van der Waals surface area (Å²) >= 11 is 0. The lowest BCUT2D eigenvalue weighted by atomic mass is 10.0. The van der Waals surface area contributed by atoms with Crippen molar-refractivity contribution >= 4 is 11.8 Å². The molecule has 0 unspecified atom stereocenters. The first kappa shape index (κ1) is 31.9. The molecule has 0 spiro atoms. The molecule has 0 atom stereocenters. The van der Waals surface area contributed by atoms with Gasteiger partial charge in [-0.3, -0.25) is 4.79 Å². The van der Waals surface area contributed by atoms with Crippen LogP contribution in [0.15, 0.2) is 84.9 Å². The molecule has 0 radical (unpaired) electrons. The number of allylic oxidation sites excluding steroid dienone is 2. The summed E-state index contributed by atoms with van der Waals surface area (Å²) in [5, 5.41) is 0. The Kier molecular flexibility index (Phi) is 14.5. The quantitative estimate of drug-likeness (QED) is 0.0486. The van der Waals surface area contributed by atoms with Crippen LogP contribution >= 0.6 is 0 Å². The maximum absolute atomic E-state index is 12.7. The van der Waals surface area contributed by atoms with Crippen LogP contribution in [0.5, 0.6) is 11.5 Å². The van der Waals surface area contributed by atoms with Crippen molar-refractivity contribution in [3.05, 3.63) is 96.1 Å². The van der Waals surface area contributed by atoms with E-state index in [9.17, 15) is 9.59 Å². The lowest BCUT2D eigenvalue weighted by molar-refractivity contribution is 0.0734. The third-order valence-electron chi connectivity index (χ3n) is 7.17. The van der Waals surface area contributed by atoms with E-state index in [-0.39, 0.29) is 5.78 Å². The molecule has 3 aromatic rings. The first-order valence-electron chi connectivity index (χ1n) is 15.5. The average molecular weight is 555 g/mol. The SMILES string of the molecule is CCCCCC=CC(=O)c1ccc(OC(=O)c2ccc(-c3ccc(OCCCCCCCCCC)cc3)cc2)cc1. The van der Waals surface area contributed by atoms with Crippen molar-refractivity contribution in [3.8, 4) is 22.6 Å². The number of rotatable bonds is 19. The minimum Gasteiger partial charge on any atom is -0.494 e. The average Bonchev–Trinajstić information content (AvgIpc) is 3.01. The fourth-order valence-electron chi connectivity index (χ4n) is 4.62. The zero-order valence-corrected chi connectivity index (χ0v) is 24.9. The van der Waals surface area contributed by atoms with Gasteiger partial charge in [-0.1, -0.05) is 102 Å². The Morgan fingerprint density at radius 2 is 1.10 bits per heavy atom. The predicted molar refractivity (Wildman–Crippen MR) is 169 cm³/mol. The molecule has 0 bridgehead atoms. The van der Waals surface area contributed by atoms with Gasteiger partial charge in [-0.2, -0.15) is 0 Å². The van der Waals surface area contributed by atoms with Crippen LogP contribution in [-0.4, -0.2) is 18.4 Å². The molecular weight excluding hydrogens is 508 g/mol. The molecule has 3 rings (SSSR count). The Hall–Kier alpha value is -3.66. The second kappa shape index (κ2) is 18.6. The van der Waals surface area contributed by atoms with Crippen molar-refractivity contribution in [2.45, 2.75) is 90.9 Å². The van der Waals surface area contributed by atoms with Gasteiger partial charge < -0.3 is 9.47 Å². The van der Waals surface area contributed by atoms with Crippen LogP contribution in [0.1, 0.15) is 112 Å². The van der Waals surface area contributed by atoms with E-state index in [1.54, 1.807) is 42.5 Å². The Labute approximate surface area is 246 Å². The van der Waals surface area contributed by atoms with Crippen molar-refractivity contribution < 1.29 is 19.1 Å². The zero-order chi connectivity index (χ0) is 29.1. The Morgan fingerprint density at radius 1 is 0.585 bits per heavy atom. The Bertz CT molecular complexity index is 1190. The van der Waals surface area contributed by atoms with E-state index < -0.39 is 5.97 Å². The number of esters is 1. The standard InChI is InChI=1S/C37H46O4/c1-3-5-7-9-10-11-13-15-29-40-34-25-21-31(22-26-34)30-17-19-33(20-18-30)37(39)41-35-27-23-32(24-28-35)36(38)16-14-12-8-6-4-2/h14,16-28H,3-13,15,29H2,1-2H3. The molecule has 4 heteroatoms. The Balaban J connectivity index is 1.42. The van der Waals surface area contributed by atoms with Gasteiger partial charge in [-0.05, 0) is 85.0 Å². The lowest BCUT2D eigenvalue weighted by Crippen LogP contribution is -2.08. The number of hydrogen-bond acceptors (Lipinski definition) is 4. The van der Waals surface area contributed by atoms with Gasteiger partial charge in [0.25, 0.3) is 0 Å². The monoisotopic (exact) mass is 554 g/mol. The molecule has 0 aromatic heterocycles. The number of hydrogen-bond donors (Lipinski definition) is 0. The molecule has 0 heterocycles.